The monoisotopic (exact) mass is 370 g/mol. The van der Waals surface area contributed by atoms with E-state index < -0.39 is 6.61 Å². The van der Waals surface area contributed by atoms with Crippen LogP contribution >= 0.6 is 0 Å². The summed E-state index contributed by atoms with van der Waals surface area (Å²) in [5.74, 6) is 0.605. The molecule has 4 rings (SSSR count). The smallest absolute Gasteiger partial charge is 0.387 e. The molecule has 0 heterocycles. The maximum atomic E-state index is 14.2. The van der Waals surface area contributed by atoms with Crippen LogP contribution in [0.3, 0.4) is 0 Å². The van der Waals surface area contributed by atoms with E-state index in [9.17, 15) is 13.2 Å². The van der Waals surface area contributed by atoms with E-state index in [1.165, 1.54) is 17.2 Å². The molecule has 0 aliphatic heterocycles. The van der Waals surface area contributed by atoms with Crippen molar-refractivity contribution in [2.75, 3.05) is 0 Å². The topological polar surface area (TPSA) is 9.23 Å². The molecular formula is C23H21F3O. The summed E-state index contributed by atoms with van der Waals surface area (Å²) in [6.07, 6.45) is 2.98. The maximum Gasteiger partial charge on any atom is 0.387 e. The second kappa shape index (κ2) is 7.26. The van der Waals surface area contributed by atoms with Crippen LogP contribution in [0.25, 0.3) is 10.8 Å². The molecule has 0 unspecified atom stereocenters. The number of hydrogen-bond donors (Lipinski definition) is 0. The third-order valence-electron chi connectivity index (χ3n) is 5.72. The normalized spacial score (nSPS) is 19.3. The van der Waals surface area contributed by atoms with E-state index in [2.05, 4.69) is 11.7 Å². The van der Waals surface area contributed by atoms with Gasteiger partial charge in [-0.3, -0.25) is 0 Å². The van der Waals surface area contributed by atoms with Crippen LogP contribution in [0, 0.1) is 11.7 Å². The summed E-state index contributed by atoms with van der Waals surface area (Å²) >= 11 is 0. The third kappa shape index (κ3) is 3.29. The lowest BCUT2D eigenvalue weighted by Gasteiger charge is -2.34. The Hall–Kier alpha value is -2.49. The number of halogens is 3. The Morgan fingerprint density at radius 2 is 1.78 bits per heavy atom. The van der Waals surface area contributed by atoms with E-state index in [1.807, 2.05) is 30.3 Å². The van der Waals surface area contributed by atoms with Crippen molar-refractivity contribution in [2.24, 2.45) is 5.92 Å². The number of alkyl halides is 2. The molecule has 0 bridgehead atoms. The van der Waals surface area contributed by atoms with E-state index in [4.69, 9.17) is 0 Å². The lowest BCUT2D eigenvalue weighted by atomic mass is 9.70. The molecule has 0 aromatic heterocycles. The molecule has 0 saturated carbocycles. The molecule has 0 saturated heterocycles. The maximum absolute atomic E-state index is 14.2. The molecule has 1 aliphatic rings. The van der Waals surface area contributed by atoms with Crippen molar-refractivity contribution in [3.8, 4) is 5.75 Å². The summed E-state index contributed by atoms with van der Waals surface area (Å²) in [4.78, 5) is 0. The molecule has 3 aromatic carbocycles. The van der Waals surface area contributed by atoms with Crippen LogP contribution in [0.5, 0.6) is 5.75 Å². The van der Waals surface area contributed by atoms with Gasteiger partial charge in [0.25, 0.3) is 0 Å². The fourth-order valence-corrected chi connectivity index (χ4v) is 4.47. The minimum absolute atomic E-state index is 0.165. The third-order valence-corrected chi connectivity index (χ3v) is 5.72. The van der Waals surface area contributed by atoms with Gasteiger partial charge < -0.3 is 4.74 Å². The van der Waals surface area contributed by atoms with Crippen molar-refractivity contribution >= 4 is 10.8 Å². The predicted octanol–water partition coefficient (Wildman–Crippen LogP) is 6.68. The van der Waals surface area contributed by atoms with Gasteiger partial charge in [-0.15, -0.1) is 0 Å². The zero-order valence-electron chi connectivity index (χ0n) is 15.1. The van der Waals surface area contributed by atoms with Gasteiger partial charge in [-0.2, -0.15) is 8.78 Å². The Labute approximate surface area is 156 Å². The zero-order valence-corrected chi connectivity index (χ0v) is 15.1. The van der Waals surface area contributed by atoms with Gasteiger partial charge in [0.05, 0.1) is 0 Å². The number of benzene rings is 3. The highest BCUT2D eigenvalue weighted by molar-refractivity contribution is 5.88. The Kier molecular flexibility index (Phi) is 4.81. The number of ether oxygens (including phenoxy) is 1. The lowest BCUT2D eigenvalue weighted by Crippen LogP contribution is -2.21. The Morgan fingerprint density at radius 1 is 1.00 bits per heavy atom. The SMILES string of the molecule is CC[C@@H]1CCc2c(ccc3c(F)cccc23)[C@H]1c1ccc(OC(F)F)cc1. The molecule has 140 valence electrons. The first-order valence-corrected chi connectivity index (χ1v) is 9.33. The summed E-state index contributed by atoms with van der Waals surface area (Å²) in [7, 11) is 0. The van der Waals surface area contributed by atoms with Gasteiger partial charge in [-0.05, 0) is 59.0 Å². The fourth-order valence-electron chi connectivity index (χ4n) is 4.47. The molecule has 2 atom stereocenters. The highest BCUT2D eigenvalue weighted by atomic mass is 19.3. The highest BCUT2D eigenvalue weighted by Gasteiger charge is 2.31. The second-order valence-electron chi connectivity index (χ2n) is 7.10. The summed E-state index contributed by atoms with van der Waals surface area (Å²) < 4.78 is 43.5. The van der Waals surface area contributed by atoms with E-state index in [0.29, 0.717) is 11.3 Å². The van der Waals surface area contributed by atoms with Crippen molar-refractivity contribution in [3.63, 3.8) is 0 Å². The highest BCUT2D eigenvalue weighted by Crippen LogP contribution is 2.45. The van der Waals surface area contributed by atoms with Crippen molar-refractivity contribution in [1.82, 2.24) is 0 Å². The molecule has 0 N–H and O–H groups in total. The first-order valence-electron chi connectivity index (χ1n) is 9.33. The summed E-state index contributed by atoms with van der Waals surface area (Å²) in [5.41, 5.74) is 3.50. The molecule has 1 nitrogen and oxygen atoms in total. The average molecular weight is 370 g/mol. The summed E-state index contributed by atoms with van der Waals surface area (Å²) in [6, 6.07) is 16.1. The van der Waals surface area contributed by atoms with E-state index in [-0.39, 0.29) is 17.5 Å². The van der Waals surface area contributed by atoms with Gasteiger partial charge in [0.15, 0.2) is 0 Å². The number of hydrogen-bond acceptors (Lipinski definition) is 1. The Morgan fingerprint density at radius 3 is 2.48 bits per heavy atom. The largest absolute Gasteiger partial charge is 0.435 e. The van der Waals surface area contributed by atoms with Crippen LogP contribution in [0.2, 0.25) is 0 Å². The molecule has 1 aliphatic carbocycles. The van der Waals surface area contributed by atoms with Crippen LogP contribution in [0.15, 0.2) is 54.6 Å². The Balaban J connectivity index is 1.80. The van der Waals surface area contributed by atoms with Crippen LogP contribution < -0.4 is 4.74 Å². The van der Waals surface area contributed by atoms with Crippen LogP contribution in [0.1, 0.15) is 42.4 Å². The van der Waals surface area contributed by atoms with E-state index in [1.54, 1.807) is 18.2 Å². The molecule has 0 spiro atoms. The summed E-state index contributed by atoms with van der Waals surface area (Å²) in [6.45, 7) is -0.645. The van der Waals surface area contributed by atoms with Gasteiger partial charge in [-0.25, -0.2) is 4.39 Å². The van der Waals surface area contributed by atoms with E-state index in [0.717, 1.165) is 30.2 Å². The Bertz CT molecular complexity index is 950. The lowest BCUT2D eigenvalue weighted by molar-refractivity contribution is -0.0498. The minimum Gasteiger partial charge on any atom is -0.435 e. The molecule has 0 radical (unpaired) electrons. The molecular weight excluding hydrogens is 349 g/mol. The first kappa shape index (κ1) is 17.9. The average Bonchev–Trinajstić information content (AvgIpc) is 2.67. The fraction of sp³-hybridized carbons (Fsp3) is 0.304. The van der Waals surface area contributed by atoms with Gasteiger partial charge in [-0.1, -0.05) is 49.7 Å². The van der Waals surface area contributed by atoms with Crippen LogP contribution in [-0.4, -0.2) is 6.61 Å². The van der Waals surface area contributed by atoms with Gasteiger partial charge in [0, 0.05) is 11.3 Å². The number of fused-ring (bicyclic) bond motifs is 3. The number of aryl methyl sites for hydroxylation is 1. The van der Waals surface area contributed by atoms with Crippen LogP contribution in [0.4, 0.5) is 13.2 Å². The van der Waals surface area contributed by atoms with Gasteiger partial charge in [0.1, 0.15) is 11.6 Å². The molecule has 27 heavy (non-hydrogen) atoms. The molecule has 4 heteroatoms. The van der Waals surface area contributed by atoms with E-state index >= 15 is 0 Å². The van der Waals surface area contributed by atoms with Crippen molar-refractivity contribution in [3.05, 3.63) is 77.1 Å². The van der Waals surface area contributed by atoms with Crippen molar-refractivity contribution in [1.29, 1.82) is 0 Å². The first-order chi connectivity index (χ1) is 13.1. The van der Waals surface area contributed by atoms with Crippen molar-refractivity contribution in [2.45, 2.75) is 38.7 Å². The zero-order chi connectivity index (χ0) is 19.0. The standard InChI is InChI=1S/C23H21F3O/c1-2-14-8-11-18-17-4-3-5-21(24)19(17)12-13-20(18)22(14)15-6-9-16(10-7-15)27-23(25)26/h3-7,9-10,12-14,22-23H,2,8,11H2,1H3/t14-,22-/m1/s1. The predicted molar refractivity (Wildman–Crippen MR) is 101 cm³/mol. The molecule has 0 fully saturated rings. The number of rotatable bonds is 4. The quantitative estimate of drug-likeness (QED) is 0.497. The van der Waals surface area contributed by atoms with Crippen LogP contribution in [-0.2, 0) is 6.42 Å². The summed E-state index contributed by atoms with van der Waals surface area (Å²) in [5, 5.41) is 1.63. The second-order valence-corrected chi connectivity index (χ2v) is 7.10. The van der Waals surface area contributed by atoms with Gasteiger partial charge in [0.2, 0.25) is 0 Å². The molecule has 3 aromatic rings. The minimum atomic E-state index is -2.82. The molecule has 0 amide bonds. The van der Waals surface area contributed by atoms with Crippen molar-refractivity contribution < 1.29 is 17.9 Å². The van der Waals surface area contributed by atoms with Gasteiger partial charge >= 0.3 is 6.61 Å².